The predicted octanol–water partition coefficient (Wildman–Crippen LogP) is 4.39. The minimum Gasteiger partial charge on any atom is -0.506 e. The number of amides is 2. The lowest BCUT2D eigenvalue weighted by Crippen LogP contribution is -2.28. The summed E-state index contributed by atoms with van der Waals surface area (Å²) in [7, 11) is 0. The Kier molecular flexibility index (Phi) is 5.71. The number of aromatic hydroxyl groups is 1. The molecule has 0 radical (unpaired) electrons. The van der Waals surface area contributed by atoms with Crippen LogP contribution in [0.25, 0.3) is 0 Å². The molecule has 0 spiro atoms. The Balaban J connectivity index is 2.86. The average Bonchev–Trinajstić information content (AvgIpc) is 2.30. The zero-order chi connectivity index (χ0) is 18.7. The molecule has 0 fully saturated rings. The van der Waals surface area contributed by atoms with Crippen molar-refractivity contribution in [2.45, 2.75) is 59.7 Å². The minimum atomic E-state index is -0.676. The third-order valence-corrected chi connectivity index (χ3v) is 2.61. The zero-order valence-electron chi connectivity index (χ0n) is 15.2. The molecule has 134 valence electrons. The van der Waals surface area contributed by atoms with Gasteiger partial charge in [-0.15, -0.1) is 0 Å². The fourth-order valence-electron chi connectivity index (χ4n) is 1.76. The molecule has 7 heteroatoms. The first kappa shape index (κ1) is 19.6. The summed E-state index contributed by atoms with van der Waals surface area (Å²) in [6.07, 6.45) is -1.30. The molecule has 1 aromatic rings. The first-order chi connectivity index (χ1) is 10.8. The normalized spacial score (nSPS) is 11.6. The molecule has 1 aromatic carbocycles. The second kappa shape index (κ2) is 6.98. The molecule has 0 aliphatic heterocycles. The number of nitrogens with one attached hydrogen (secondary N) is 2. The maximum Gasteiger partial charge on any atom is 0.412 e. The molecule has 7 nitrogen and oxygen atoms in total. The summed E-state index contributed by atoms with van der Waals surface area (Å²) in [4.78, 5) is 23.6. The van der Waals surface area contributed by atoms with E-state index in [1.165, 1.54) is 12.1 Å². The van der Waals surface area contributed by atoms with Crippen LogP contribution in [0.3, 0.4) is 0 Å². The van der Waals surface area contributed by atoms with Crippen LogP contribution in [0.4, 0.5) is 21.0 Å². The van der Waals surface area contributed by atoms with E-state index < -0.39 is 23.4 Å². The molecule has 3 N–H and O–H groups in total. The highest BCUT2D eigenvalue weighted by molar-refractivity contribution is 5.90. The van der Waals surface area contributed by atoms with Gasteiger partial charge in [0.25, 0.3) is 0 Å². The van der Waals surface area contributed by atoms with Crippen molar-refractivity contribution >= 4 is 23.6 Å². The van der Waals surface area contributed by atoms with E-state index in [1.807, 2.05) is 0 Å². The van der Waals surface area contributed by atoms with Gasteiger partial charge >= 0.3 is 12.2 Å². The van der Waals surface area contributed by atoms with Crippen molar-refractivity contribution in [1.29, 1.82) is 0 Å². The van der Waals surface area contributed by atoms with E-state index in [9.17, 15) is 14.7 Å². The summed E-state index contributed by atoms with van der Waals surface area (Å²) in [6.45, 7) is 12.2. The van der Waals surface area contributed by atoms with E-state index in [2.05, 4.69) is 10.6 Å². The van der Waals surface area contributed by atoms with Crippen molar-refractivity contribution in [1.82, 2.24) is 0 Å². The van der Waals surface area contributed by atoms with Crippen molar-refractivity contribution < 1.29 is 24.2 Å². The smallest absolute Gasteiger partial charge is 0.412 e. The van der Waals surface area contributed by atoms with Gasteiger partial charge in [-0.05, 0) is 60.1 Å². The molecule has 24 heavy (non-hydrogen) atoms. The van der Waals surface area contributed by atoms with E-state index in [0.717, 1.165) is 0 Å². The van der Waals surface area contributed by atoms with Gasteiger partial charge in [0.1, 0.15) is 17.0 Å². The molecule has 0 aliphatic carbocycles. The first-order valence-electron chi connectivity index (χ1n) is 7.60. The molecule has 0 saturated heterocycles. The van der Waals surface area contributed by atoms with Gasteiger partial charge < -0.3 is 14.6 Å². The number of ether oxygens (including phenoxy) is 2. The lowest BCUT2D eigenvalue weighted by Gasteiger charge is -2.21. The van der Waals surface area contributed by atoms with E-state index in [1.54, 1.807) is 48.5 Å². The Morgan fingerprint density at radius 1 is 0.875 bits per heavy atom. The highest BCUT2D eigenvalue weighted by Crippen LogP contribution is 2.31. The third-order valence-electron chi connectivity index (χ3n) is 2.61. The fourth-order valence-corrected chi connectivity index (χ4v) is 1.76. The van der Waals surface area contributed by atoms with E-state index in [0.29, 0.717) is 11.3 Å². The average molecular weight is 338 g/mol. The maximum absolute atomic E-state index is 11.8. The van der Waals surface area contributed by atoms with Crippen molar-refractivity contribution in [3.63, 3.8) is 0 Å². The van der Waals surface area contributed by atoms with Crippen molar-refractivity contribution in [2.75, 3.05) is 10.6 Å². The Morgan fingerprint density at radius 2 is 1.29 bits per heavy atom. The number of rotatable bonds is 2. The number of hydrogen-bond donors (Lipinski definition) is 3. The molecule has 0 saturated carbocycles. The molecule has 0 heterocycles. The zero-order valence-corrected chi connectivity index (χ0v) is 15.2. The molecular weight excluding hydrogens is 312 g/mol. The van der Waals surface area contributed by atoms with Gasteiger partial charge in [0.15, 0.2) is 0 Å². The van der Waals surface area contributed by atoms with E-state index in [-0.39, 0.29) is 11.4 Å². The SMILES string of the molecule is Cc1cc(NC(=O)OC(C)(C)C)c(O)cc1NC(=O)OC(C)(C)C. The Hall–Kier alpha value is -2.44. The van der Waals surface area contributed by atoms with Crippen molar-refractivity contribution in [3.8, 4) is 5.75 Å². The Bertz CT molecular complexity index is 571. The molecular formula is C17H26N2O5. The number of carbonyl (C=O) groups is 2. The van der Waals surface area contributed by atoms with E-state index >= 15 is 0 Å². The summed E-state index contributed by atoms with van der Waals surface area (Å²) in [5.41, 5.74) is -0.0525. The minimum absolute atomic E-state index is 0.191. The van der Waals surface area contributed by atoms with Gasteiger partial charge in [-0.1, -0.05) is 0 Å². The van der Waals surface area contributed by atoms with E-state index in [4.69, 9.17) is 9.47 Å². The Labute approximate surface area is 142 Å². The summed E-state index contributed by atoms with van der Waals surface area (Å²) in [5.74, 6) is -0.197. The number of phenols is 1. The topological polar surface area (TPSA) is 96.9 Å². The number of aryl methyl sites for hydroxylation is 1. The highest BCUT2D eigenvalue weighted by atomic mass is 16.6. The van der Waals surface area contributed by atoms with Crippen LogP contribution in [0, 0.1) is 6.92 Å². The summed E-state index contributed by atoms with van der Waals surface area (Å²) in [5, 5.41) is 15.1. The van der Waals surface area contributed by atoms with Crippen molar-refractivity contribution in [2.24, 2.45) is 0 Å². The molecule has 0 aliphatic rings. The van der Waals surface area contributed by atoms with Crippen LogP contribution in [0.15, 0.2) is 12.1 Å². The van der Waals surface area contributed by atoms with Crippen LogP contribution in [0.5, 0.6) is 5.75 Å². The maximum atomic E-state index is 11.8. The first-order valence-corrected chi connectivity index (χ1v) is 7.60. The molecule has 0 unspecified atom stereocenters. The van der Waals surface area contributed by atoms with Gasteiger partial charge in [-0.25, -0.2) is 9.59 Å². The van der Waals surface area contributed by atoms with Gasteiger partial charge in [-0.2, -0.15) is 0 Å². The monoisotopic (exact) mass is 338 g/mol. The highest BCUT2D eigenvalue weighted by Gasteiger charge is 2.20. The standard InChI is InChI=1S/C17H26N2O5/c1-10-8-12(19-15(22)24-17(5,6)7)13(20)9-11(10)18-14(21)23-16(2,3)4/h8-9,20H,1-7H3,(H,18,21)(H,19,22). The van der Waals surface area contributed by atoms with Crippen LogP contribution in [0.2, 0.25) is 0 Å². The van der Waals surface area contributed by atoms with Crippen LogP contribution in [-0.4, -0.2) is 28.5 Å². The van der Waals surface area contributed by atoms with Gasteiger partial charge in [0.05, 0.1) is 11.4 Å². The summed E-state index contributed by atoms with van der Waals surface area (Å²) in [6, 6.07) is 2.87. The lowest BCUT2D eigenvalue weighted by atomic mass is 10.1. The van der Waals surface area contributed by atoms with Gasteiger partial charge in [-0.3, -0.25) is 10.6 Å². The largest absolute Gasteiger partial charge is 0.506 e. The van der Waals surface area contributed by atoms with Gasteiger partial charge in [0.2, 0.25) is 0 Å². The van der Waals surface area contributed by atoms with Crippen molar-refractivity contribution in [3.05, 3.63) is 17.7 Å². The van der Waals surface area contributed by atoms with Crippen LogP contribution in [-0.2, 0) is 9.47 Å². The molecule has 0 atom stereocenters. The van der Waals surface area contributed by atoms with Crippen LogP contribution < -0.4 is 10.6 Å². The predicted molar refractivity (Wildman–Crippen MR) is 92.6 cm³/mol. The fraction of sp³-hybridized carbons (Fsp3) is 0.529. The lowest BCUT2D eigenvalue weighted by molar-refractivity contribution is 0.0623. The molecule has 2 amide bonds. The third kappa shape index (κ3) is 6.76. The molecule has 0 bridgehead atoms. The molecule has 1 rings (SSSR count). The molecule has 0 aromatic heterocycles. The van der Waals surface area contributed by atoms with Gasteiger partial charge in [0, 0.05) is 6.07 Å². The number of benzene rings is 1. The summed E-state index contributed by atoms with van der Waals surface area (Å²) < 4.78 is 10.3. The second-order valence-electron chi connectivity index (χ2n) is 7.44. The van der Waals surface area contributed by atoms with Crippen LogP contribution >= 0.6 is 0 Å². The number of carbonyl (C=O) groups excluding carboxylic acids is 2. The number of anilines is 2. The summed E-state index contributed by atoms with van der Waals surface area (Å²) >= 11 is 0. The van der Waals surface area contributed by atoms with Crippen LogP contribution in [0.1, 0.15) is 47.1 Å². The quantitative estimate of drug-likeness (QED) is 0.695. The Morgan fingerprint density at radius 3 is 1.71 bits per heavy atom. The number of hydrogen-bond acceptors (Lipinski definition) is 5. The number of phenolic OH excluding ortho intramolecular Hbond substituents is 1. The second-order valence-corrected chi connectivity index (χ2v) is 7.44.